The minimum atomic E-state index is -0.384. The van der Waals surface area contributed by atoms with Gasteiger partial charge in [0.05, 0.1) is 33.5 Å². The smallest absolute Gasteiger partial charge is 0.268 e. The standard InChI is InChI=1S/C46H28N6O2/c53-45-40-12-7-13-41(44(40)46(54)51(45)37-19-33(29-8-3-1-4-9-29)18-34(20-37)30-10-5-2-6-11-30)52-42-21-31(35-23-47-27-48-24-35)14-16-38(42)39-17-15-32(22-43(39)52)36-25-49-28-50-26-36/h1-28H. The fourth-order valence-corrected chi connectivity index (χ4v) is 7.56. The van der Waals surface area contributed by atoms with Crippen molar-refractivity contribution in [3.05, 3.63) is 182 Å². The number of amides is 2. The number of fused-ring (bicyclic) bond motifs is 4. The molecule has 0 bridgehead atoms. The van der Waals surface area contributed by atoms with Crippen molar-refractivity contribution >= 4 is 39.3 Å². The molecule has 1 aliphatic heterocycles. The lowest BCUT2D eigenvalue weighted by Gasteiger charge is -2.18. The Labute approximate surface area is 309 Å². The molecule has 0 aliphatic carbocycles. The predicted molar refractivity (Wildman–Crippen MR) is 211 cm³/mol. The Bertz CT molecular complexity index is 2760. The lowest BCUT2D eigenvalue weighted by molar-refractivity contribution is 0.0926. The number of nitrogens with zero attached hydrogens (tertiary/aromatic N) is 6. The topological polar surface area (TPSA) is 93.9 Å². The van der Waals surface area contributed by atoms with Crippen molar-refractivity contribution in [1.82, 2.24) is 24.5 Å². The second kappa shape index (κ2) is 12.6. The van der Waals surface area contributed by atoms with E-state index >= 15 is 0 Å². The van der Waals surface area contributed by atoms with E-state index < -0.39 is 0 Å². The van der Waals surface area contributed by atoms with Crippen molar-refractivity contribution < 1.29 is 9.59 Å². The molecule has 0 fully saturated rings. The van der Waals surface area contributed by atoms with Crippen molar-refractivity contribution in [2.75, 3.05) is 4.90 Å². The van der Waals surface area contributed by atoms with Crippen LogP contribution in [0.25, 0.3) is 72.0 Å². The van der Waals surface area contributed by atoms with Gasteiger partial charge < -0.3 is 4.57 Å². The van der Waals surface area contributed by atoms with Crippen LogP contribution < -0.4 is 4.90 Å². The fourth-order valence-electron chi connectivity index (χ4n) is 7.56. The van der Waals surface area contributed by atoms with E-state index in [1.807, 2.05) is 84.9 Å². The summed E-state index contributed by atoms with van der Waals surface area (Å²) < 4.78 is 2.09. The summed E-state index contributed by atoms with van der Waals surface area (Å²) in [7, 11) is 0. The summed E-state index contributed by atoms with van der Waals surface area (Å²) in [5.41, 5.74) is 10.9. The highest BCUT2D eigenvalue weighted by molar-refractivity contribution is 6.36. The first-order valence-corrected chi connectivity index (χ1v) is 17.5. The maximum Gasteiger partial charge on any atom is 0.268 e. The van der Waals surface area contributed by atoms with E-state index in [0.29, 0.717) is 22.5 Å². The maximum atomic E-state index is 14.9. The second-order valence-corrected chi connectivity index (χ2v) is 13.2. The summed E-state index contributed by atoms with van der Waals surface area (Å²) in [4.78, 5) is 47.7. The van der Waals surface area contributed by atoms with Crippen LogP contribution >= 0.6 is 0 Å². The zero-order valence-electron chi connectivity index (χ0n) is 28.7. The van der Waals surface area contributed by atoms with Crippen LogP contribution in [0.3, 0.4) is 0 Å². The third-order valence-electron chi connectivity index (χ3n) is 10.1. The van der Waals surface area contributed by atoms with Crippen molar-refractivity contribution in [1.29, 1.82) is 0 Å². The largest absolute Gasteiger partial charge is 0.308 e. The molecule has 54 heavy (non-hydrogen) atoms. The normalized spacial score (nSPS) is 12.5. The molecule has 2 amide bonds. The van der Waals surface area contributed by atoms with E-state index in [4.69, 9.17) is 0 Å². The van der Waals surface area contributed by atoms with Crippen molar-refractivity contribution in [2.24, 2.45) is 0 Å². The molecule has 254 valence electrons. The van der Waals surface area contributed by atoms with Gasteiger partial charge in [-0.1, -0.05) is 91.0 Å². The molecule has 0 radical (unpaired) electrons. The predicted octanol–water partition coefficient (Wildman–Crippen LogP) is 9.83. The zero-order chi connectivity index (χ0) is 36.2. The summed E-state index contributed by atoms with van der Waals surface area (Å²) in [6, 6.07) is 43.9. The van der Waals surface area contributed by atoms with E-state index in [-0.39, 0.29) is 11.8 Å². The number of aromatic nitrogens is 5. The molecule has 6 aromatic carbocycles. The molecule has 0 N–H and O–H groups in total. The number of benzene rings is 6. The summed E-state index contributed by atoms with van der Waals surface area (Å²) >= 11 is 0. The number of hydrogen-bond donors (Lipinski definition) is 0. The number of carbonyl (C=O) groups is 2. The highest BCUT2D eigenvalue weighted by atomic mass is 16.2. The fraction of sp³-hybridized carbons (Fsp3) is 0. The average Bonchev–Trinajstić information content (AvgIpc) is 3.71. The number of anilines is 1. The van der Waals surface area contributed by atoms with E-state index in [9.17, 15) is 9.59 Å². The minimum Gasteiger partial charge on any atom is -0.308 e. The number of hydrogen-bond acceptors (Lipinski definition) is 6. The van der Waals surface area contributed by atoms with Gasteiger partial charge in [-0.05, 0) is 75.8 Å². The van der Waals surface area contributed by atoms with Crippen molar-refractivity contribution in [3.63, 3.8) is 0 Å². The minimum absolute atomic E-state index is 0.342. The molecule has 8 heteroatoms. The summed E-state index contributed by atoms with van der Waals surface area (Å²) in [6.45, 7) is 0. The third kappa shape index (κ3) is 5.08. The Morgan fingerprint density at radius 1 is 0.407 bits per heavy atom. The second-order valence-electron chi connectivity index (χ2n) is 13.2. The molecule has 9 aromatic rings. The highest BCUT2D eigenvalue weighted by Gasteiger charge is 2.39. The third-order valence-corrected chi connectivity index (χ3v) is 10.1. The van der Waals surface area contributed by atoms with E-state index in [0.717, 1.165) is 66.3 Å². The molecule has 0 saturated heterocycles. The van der Waals surface area contributed by atoms with Crippen molar-refractivity contribution in [3.8, 4) is 50.2 Å². The Morgan fingerprint density at radius 2 is 0.926 bits per heavy atom. The van der Waals surface area contributed by atoms with E-state index in [1.165, 1.54) is 17.6 Å². The Kier molecular flexibility index (Phi) is 7.26. The van der Waals surface area contributed by atoms with Crippen LogP contribution in [0.1, 0.15) is 20.7 Å². The first-order chi connectivity index (χ1) is 26.6. The Balaban J connectivity index is 1.19. The van der Waals surface area contributed by atoms with Crippen LogP contribution in [-0.4, -0.2) is 36.3 Å². The molecular weight excluding hydrogens is 669 g/mol. The molecule has 0 atom stereocenters. The molecule has 0 spiro atoms. The first kappa shape index (κ1) is 31.2. The molecule has 3 aromatic heterocycles. The van der Waals surface area contributed by atoms with Gasteiger partial charge in [-0.3, -0.25) is 9.59 Å². The lowest BCUT2D eigenvalue weighted by Crippen LogP contribution is -2.29. The first-order valence-electron chi connectivity index (χ1n) is 17.5. The molecule has 10 rings (SSSR count). The van der Waals surface area contributed by atoms with Crippen LogP contribution in [0.5, 0.6) is 0 Å². The summed E-state index contributed by atoms with van der Waals surface area (Å²) in [6.07, 6.45) is 10.1. The number of rotatable bonds is 6. The van der Waals surface area contributed by atoms with Crippen LogP contribution in [0.4, 0.5) is 5.69 Å². The maximum absolute atomic E-state index is 14.9. The Morgan fingerprint density at radius 3 is 1.44 bits per heavy atom. The van der Waals surface area contributed by atoms with Crippen molar-refractivity contribution in [2.45, 2.75) is 0 Å². The molecular formula is C46H28N6O2. The lowest BCUT2D eigenvalue weighted by atomic mass is 9.97. The van der Waals surface area contributed by atoms with Gasteiger partial charge >= 0.3 is 0 Å². The summed E-state index contributed by atoms with van der Waals surface area (Å²) in [5.74, 6) is -0.754. The average molecular weight is 697 g/mol. The van der Waals surface area contributed by atoms with Crippen LogP contribution in [0, 0.1) is 0 Å². The SMILES string of the molecule is O=C1c2cccc(-n3c4cc(-c5cncnc5)ccc4c4ccc(-c5cncnc5)cc43)c2C(=O)N1c1cc(-c2ccccc2)cc(-c2ccccc2)c1. The number of carbonyl (C=O) groups excluding carboxylic acids is 2. The quantitative estimate of drug-likeness (QED) is 0.161. The van der Waals surface area contributed by atoms with E-state index in [1.54, 1.807) is 30.9 Å². The van der Waals surface area contributed by atoms with Crippen LogP contribution in [-0.2, 0) is 0 Å². The van der Waals surface area contributed by atoms with Gasteiger partial charge in [0, 0.05) is 46.7 Å². The molecule has 1 aliphatic rings. The molecule has 8 nitrogen and oxygen atoms in total. The van der Waals surface area contributed by atoms with Gasteiger partial charge in [0.2, 0.25) is 0 Å². The molecule has 4 heterocycles. The van der Waals surface area contributed by atoms with Gasteiger partial charge in [-0.15, -0.1) is 0 Å². The monoisotopic (exact) mass is 696 g/mol. The zero-order valence-corrected chi connectivity index (χ0v) is 28.7. The van der Waals surface area contributed by atoms with Gasteiger partial charge in [-0.2, -0.15) is 0 Å². The van der Waals surface area contributed by atoms with Crippen LogP contribution in [0.15, 0.2) is 171 Å². The number of imide groups is 1. The molecule has 0 saturated carbocycles. The summed E-state index contributed by atoms with van der Waals surface area (Å²) in [5, 5.41) is 1.99. The van der Waals surface area contributed by atoms with Gasteiger partial charge in [0.15, 0.2) is 0 Å². The van der Waals surface area contributed by atoms with E-state index in [2.05, 4.69) is 67.0 Å². The van der Waals surface area contributed by atoms with Gasteiger partial charge in [-0.25, -0.2) is 24.8 Å². The highest BCUT2D eigenvalue weighted by Crippen LogP contribution is 2.41. The van der Waals surface area contributed by atoms with Gasteiger partial charge in [0.1, 0.15) is 12.7 Å². The van der Waals surface area contributed by atoms with Gasteiger partial charge in [0.25, 0.3) is 11.8 Å². The molecule has 0 unspecified atom stereocenters. The Hall–Kier alpha value is -7.58. The van der Waals surface area contributed by atoms with Crippen LogP contribution in [0.2, 0.25) is 0 Å².